The van der Waals surface area contributed by atoms with Crippen molar-refractivity contribution in [3.05, 3.63) is 12.2 Å². The molecule has 0 radical (unpaired) electrons. The summed E-state index contributed by atoms with van der Waals surface area (Å²) in [6.45, 7) is 0. The van der Waals surface area contributed by atoms with E-state index in [-0.39, 0.29) is 6.08 Å². The molecule has 88 valence electrons. The Balaban J connectivity index is 3.26. The molecule has 15 heavy (non-hydrogen) atoms. The lowest BCUT2D eigenvalue weighted by atomic mass is 9.86. The first-order valence-electron chi connectivity index (χ1n) is 3.68. The van der Waals surface area contributed by atoms with Crippen LogP contribution in [0.5, 0.6) is 0 Å². The number of allylic oxidation sites excluding steroid dienone is 1. The van der Waals surface area contributed by atoms with Crippen LogP contribution in [0.1, 0.15) is 6.42 Å². The van der Waals surface area contributed by atoms with Crippen molar-refractivity contribution in [1.29, 1.82) is 0 Å². The van der Waals surface area contributed by atoms with E-state index in [4.69, 9.17) is 5.11 Å². The van der Waals surface area contributed by atoms with Gasteiger partial charge in [-0.05, 0) is 6.08 Å². The quantitative estimate of drug-likeness (QED) is 0.507. The molecule has 0 aromatic rings. The van der Waals surface area contributed by atoms with Gasteiger partial charge in [0.05, 0.1) is 0 Å². The molecule has 1 N–H and O–H groups in total. The van der Waals surface area contributed by atoms with E-state index in [1.165, 1.54) is 0 Å². The maximum Gasteiger partial charge on any atom is 0.426 e. The Morgan fingerprint density at radius 3 is 1.73 bits per heavy atom. The molecule has 1 aliphatic carbocycles. The molecule has 2 unspecified atom stereocenters. The van der Waals surface area contributed by atoms with Gasteiger partial charge in [-0.15, -0.1) is 0 Å². The van der Waals surface area contributed by atoms with Crippen molar-refractivity contribution in [1.82, 2.24) is 0 Å². The monoisotopic (exact) mass is 238 g/mol. The highest BCUT2D eigenvalue weighted by atomic mass is 19.4. The average Bonchev–Trinajstić information content (AvgIpc) is 2.27. The summed E-state index contributed by atoms with van der Waals surface area (Å²) in [5.74, 6) is 0. The highest BCUT2D eigenvalue weighted by Gasteiger charge is 2.77. The Kier molecular flexibility index (Phi) is 2.35. The molecule has 8 heteroatoms. The van der Waals surface area contributed by atoms with Gasteiger partial charge in [0.2, 0.25) is 11.3 Å². The van der Waals surface area contributed by atoms with E-state index in [2.05, 4.69) is 0 Å². The first-order chi connectivity index (χ1) is 6.46. The van der Waals surface area contributed by atoms with Crippen LogP contribution in [0.3, 0.4) is 0 Å². The van der Waals surface area contributed by atoms with E-state index >= 15 is 0 Å². The van der Waals surface area contributed by atoms with Gasteiger partial charge in [-0.2, -0.15) is 26.3 Å². The highest BCUT2D eigenvalue weighted by molar-refractivity contribution is 5.27. The molecule has 0 amide bonds. The molecule has 0 heterocycles. The smallest absolute Gasteiger partial charge is 0.374 e. The second-order valence-electron chi connectivity index (χ2n) is 3.17. The largest absolute Gasteiger partial charge is 0.426 e. The van der Waals surface area contributed by atoms with E-state index in [9.17, 15) is 30.7 Å². The van der Waals surface area contributed by atoms with E-state index in [1.807, 2.05) is 0 Å². The molecule has 0 saturated carbocycles. The maximum absolute atomic E-state index is 13.2. The molecule has 0 spiro atoms. The van der Waals surface area contributed by atoms with Crippen molar-refractivity contribution < 1.29 is 35.8 Å². The standard InChI is InChI=1S/C7H5F7O/c8-4(6(9,10)11)2-1-3-5(4,15)7(12,13)14/h1,3,15H,2H2. The molecule has 0 aromatic heterocycles. The van der Waals surface area contributed by atoms with Gasteiger partial charge in [-0.25, -0.2) is 4.39 Å². The summed E-state index contributed by atoms with van der Waals surface area (Å²) in [5.41, 5.74) is -9.21. The third-order valence-corrected chi connectivity index (χ3v) is 2.24. The van der Waals surface area contributed by atoms with Gasteiger partial charge >= 0.3 is 12.4 Å². The Hall–Kier alpha value is -0.790. The van der Waals surface area contributed by atoms with Crippen molar-refractivity contribution in [2.75, 3.05) is 0 Å². The van der Waals surface area contributed by atoms with Gasteiger partial charge in [0.1, 0.15) is 0 Å². The summed E-state index contributed by atoms with van der Waals surface area (Å²) in [5, 5.41) is 8.78. The second kappa shape index (κ2) is 2.87. The molecule has 2 atom stereocenters. The lowest BCUT2D eigenvalue weighted by Crippen LogP contribution is -2.63. The molecule has 1 nitrogen and oxygen atoms in total. The Bertz CT molecular complexity index is 291. The third-order valence-electron chi connectivity index (χ3n) is 2.24. The minimum absolute atomic E-state index is 0.208. The zero-order valence-corrected chi connectivity index (χ0v) is 6.95. The second-order valence-corrected chi connectivity index (χ2v) is 3.17. The lowest BCUT2D eigenvalue weighted by molar-refractivity contribution is -0.342. The van der Waals surface area contributed by atoms with Gasteiger partial charge in [0.15, 0.2) is 0 Å². The topological polar surface area (TPSA) is 20.2 Å². The predicted molar refractivity (Wildman–Crippen MR) is 34.7 cm³/mol. The molecule has 1 rings (SSSR count). The first kappa shape index (κ1) is 12.3. The van der Waals surface area contributed by atoms with Gasteiger partial charge < -0.3 is 5.11 Å². The van der Waals surface area contributed by atoms with Crippen LogP contribution in [0, 0.1) is 0 Å². The average molecular weight is 238 g/mol. The van der Waals surface area contributed by atoms with Crippen molar-refractivity contribution in [2.45, 2.75) is 30.0 Å². The number of alkyl halides is 7. The van der Waals surface area contributed by atoms with Crippen molar-refractivity contribution >= 4 is 0 Å². The SMILES string of the molecule is OC1(C(F)(F)F)C=CCC1(F)C(F)(F)F. The third kappa shape index (κ3) is 1.42. The maximum atomic E-state index is 13.2. The molecular formula is C7H5F7O. The summed E-state index contributed by atoms with van der Waals surface area (Å²) >= 11 is 0. The molecule has 0 saturated heterocycles. The van der Waals surface area contributed by atoms with Crippen molar-refractivity contribution in [2.24, 2.45) is 0 Å². The fraction of sp³-hybridized carbons (Fsp3) is 0.714. The number of rotatable bonds is 0. The number of halogens is 7. The fourth-order valence-corrected chi connectivity index (χ4v) is 1.33. The van der Waals surface area contributed by atoms with Crippen molar-refractivity contribution in [3.8, 4) is 0 Å². The van der Waals surface area contributed by atoms with Crippen molar-refractivity contribution in [3.63, 3.8) is 0 Å². The van der Waals surface area contributed by atoms with Crippen LogP contribution in [0.4, 0.5) is 30.7 Å². The predicted octanol–water partition coefficient (Wildman–Crippen LogP) is 2.51. The van der Waals surface area contributed by atoms with E-state index < -0.39 is 30.0 Å². The summed E-state index contributed by atoms with van der Waals surface area (Å²) in [6, 6.07) is 0. The van der Waals surface area contributed by atoms with Crippen LogP contribution in [0.2, 0.25) is 0 Å². The molecular weight excluding hydrogens is 233 g/mol. The Morgan fingerprint density at radius 2 is 1.47 bits per heavy atom. The number of hydrogen-bond donors (Lipinski definition) is 1. The molecule has 0 fully saturated rings. The number of aliphatic hydroxyl groups is 1. The zero-order valence-electron chi connectivity index (χ0n) is 6.95. The summed E-state index contributed by atoms with van der Waals surface area (Å²) in [7, 11) is 0. The van der Waals surface area contributed by atoms with Crippen LogP contribution in [-0.2, 0) is 0 Å². The van der Waals surface area contributed by atoms with Crippen LogP contribution < -0.4 is 0 Å². The molecule has 0 aromatic carbocycles. The van der Waals surface area contributed by atoms with E-state index in [0.717, 1.165) is 0 Å². The molecule has 0 bridgehead atoms. The van der Waals surface area contributed by atoms with Crippen LogP contribution >= 0.6 is 0 Å². The molecule has 1 aliphatic rings. The zero-order chi connectivity index (χ0) is 12.1. The van der Waals surface area contributed by atoms with Crippen LogP contribution in [0.15, 0.2) is 12.2 Å². The number of hydrogen-bond acceptors (Lipinski definition) is 1. The van der Waals surface area contributed by atoms with E-state index in [0.29, 0.717) is 6.08 Å². The van der Waals surface area contributed by atoms with Gasteiger partial charge in [0, 0.05) is 6.42 Å². The lowest BCUT2D eigenvalue weighted by Gasteiger charge is -2.37. The van der Waals surface area contributed by atoms with Gasteiger partial charge in [-0.1, -0.05) is 6.08 Å². The van der Waals surface area contributed by atoms with E-state index in [1.54, 1.807) is 0 Å². The summed E-state index contributed by atoms with van der Waals surface area (Å²) < 4.78 is 85.9. The van der Waals surface area contributed by atoms with Gasteiger partial charge in [-0.3, -0.25) is 0 Å². The minimum atomic E-state index is -5.79. The molecule has 0 aliphatic heterocycles. The van der Waals surface area contributed by atoms with Gasteiger partial charge in [0.25, 0.3) is 0 Å². The normalized spacial score (nSPS) is 37.3. The highest BCUT2D eigenvalue weighted by Crippen LogP contribution is 2.54. The first-order valence-corrected chi connectivity index (χ1v) is 3.68. The van der Waals surface area contributed by atoms with Crippen LogP contribution in [-0.4, -0.2) is 28.7 Å². The Labute approximate surface area is 79.2 Å². The summed E-state index contributed by atoms with van der Waals surface area (Å²) in [6.07, 6.45) is -12.9. The fourth-order valence-electron chi connectivity index (χ4n) is 1.33. The minimum Gasteiger partial charge on any atom is -0.374 e. The summed E-state index contributed by atoms with van der Waals surface area (Å²) in [4.78, 5) is 0. The Morgan fingerprint density at radius 1 is 1.00 bits per heavy atom. The van der Waals surface area contributed by atoms with Crippen LogP contribution in [0.25, 0.3) is 0 Å².